The fourth-order valence-corrected chi connectivity index (χ4v) is 4.00. The Bertz CT molecular complexity index is 985. The van der Waals surface area contributed by atoms with Crippen molar-refractivity contribution in [2.45, 2.75) is 13.1 Å². The molecule has 0 aromatic heterocycles. The Kier molecular flexibility index (Phi) is 4.30. The molecule has 2 nitrogen and oxygen atoms in total. The number of anilines is 4. The van der Waals surface area contributed by atoms with E-state index in [0.29, 0.717) is 0 Å². The number of benzene rings is 4. The van der Waals surface area contributed by atoms with Gasteiger partial charge in [-0.1, -0.05) is 72.8 Å². The largest absolute Gasteiger partial charge is 0.337 e. The fraction of sp³-hybridized carbons (Fsp3) is 0.0769. The fourth-order valence-electron chi connectivity index (χ4n) is 4.00. The molecule has 0 unspecified atom stereocenters. The third kappa shape index (κ3) is 3.03. The molecule has 5 rings (SSSR count). The van der Waals surface area contributed by atoms with Crippen LogP contribution < -0.4 is 9.80 Å². The zero-order chi connectivity index (χ0) is 18.8. The van der Waals surface area contributed by atoms with Gasteiger partial charge >= 0.3 is 0 Å². The summed E-state index contributed by atoms with van der Waals surface area (Å²) in [6.07, 6.45) is 0. The lowest BCUT2D eigenvalue weighted by atomic mass is 10.0. The Morgan fingerprint density at radius 1 is 0.393 bits per heavy atom. The van der Waals surface area contributed by atoms with Crippen LogP contribution in [0.15, 0.2) is 109 Å². The van der Waals surface area contributed by atoms with E-state index in [2.05, 4.69) is 119 Å². The van der Waals surface area contributed by atoms with Crippen LogP contribution >= 0.6 is 0 Å². The number of para-hydroxylation sites is 4. The second-order valence-corrected chi connectivity index (χ2v) is 7.10. The lowest BCUT2D eigenvalue weighted by molar-refractivity contribution is 0.885. The number of rotatable bonds is 2. The molecule has 0 fully saturated rings. The highest BCUT2D eigenvalue weighted by Gasteiger charge is 2.23. The molecule has 0 aliphatic carbocycles. The van der Waals surface area contributed by atoms with Gasteiger partial charge in [-0.15, -0.1) is 0 Å². The quantitative estimate of drug-likeness (QED) is 0.392. The van der Waals surface area contributed by atoms with Gasteiger partial charge in [0.1, 0.15) is 0 Å². The molecule has 2 heteroatoms. The molecule has 0 atom stereocenters. The molecule has 1 aliphatic rings. The highest BCUT2D eigenvalue weighted by molar-refractivity contribution is 5.74. The van der Waals surface area contributed by atoms with Crippen molar-refractivity contribution in [3.63, 3.8) is 0 Å². The molecule has 1 aliphatic heterocycles. The van der Waals surface area contributed by atoms with Gasteiger partial charge in [-0.25, -0.2) is 0 Å². The summed E-state index contributed by atoms with van der Waals surface area (Å²) >= 11 is 0. The minimum absolute atomic E-state index is 0.834. The predicted octanol–water partition coefficient (Wildman–Crippen LogP) is 6.68. The van der Waals surface area contributed by atoms with Crippen LogP contribution in [-0.2, 0) is 13.1 Å². The predicted molar refractivity (Wildman–Crippen MR) is 117 cm³/mol. The Labute approximate surface area is 166 Å². The number of fused-ring (bicyclic) bond motifs is 2. The van der Waals surface area contributed by atoms with E-state index >= 15 is 0 Å². The SMILES string of the molecule is c1ccc(N2Cc3ccccc3N(c3ccccc3)Cc3ccccc32)cc1. The monoisotopic (exact) mass is 362 g/mol. The highest BCUT2D eigenvalue weighted by Crippen LogP contribution is 2.39. The van der Waals surface area contributed by atoms with Crippen LogP contribution in [0, 0.1) is 0 Å². The van der Waals surface area contributed by atoms with Crippen molar-refractivity contribution >= 4 is 22.7 Å². The van der Waals surface area contributed by atoms with E-state index < -0.39 is 0 Å². The average Bonchev–Trinajstić information content (AvgIpc) is 2.76. The van der Waals surface area contributed by atoms with Crippen molar-refractivity contribution in [3.05, 3.63) is 120 Å². The maximum atomic E-state index is 2.43. The molecule has 0 amide bonds. The van der Waals surface area contributed by atoms with E-state index in [0.717, 1.165) is 13.1 Å². The van der Waals surface area contributed by atoms with Gasteiger partial charge in [-0.05, 0) is 47.5 Å². The van der Waals surface area contributed by atoms with E-state index in [1.807, 2.05) is 0 Å². The molecular weight excluding hydrogens is 340 g/mol. The molecule has 0 saturated heterocycles. The van der Waals surface area contributed by atoms with Gasteiger partial charge < -0.3 is 9.80 Å². The van der Waals surface area contributed by atoms with E-state index in [1.165, 1.54) is 33.9 Å². The topological polar surface area (TPSA) is 6.48 Å². The molecular formula is C26H22N2. The van der Waals surface area contributed by atoms with Crippen LogP contribution in [0.2, 0.25) is 0 Å². The second kappa shape index (κ2) is 7.24. The summed E-state index contributed by atoms with van der Waals surface area (Å²) in [5, 5.41) is 0. The van der Waals surface area contributed by atoms with Crippen molar-refractivity contribution in [1.29, 1.82) is 0 Å². The van der Waals surface area contributed by atoms with Gasteiger partial charge in [0, 0.05) is 22.7 Å². The van der Waals surface area contributed by atoms with Crippen molar-refractivity contribution in [1.82, 2.24) is 0 Å². The zero-order valence-electron chi connectivity index (χ0n) is 15.7. The van der Waals surface area contributed by atoms with E-state index in [4.69, 9.17) is 0 Å². The second-order valence-electron chi connectivity index (χ2n) is 7.10. The summed E-state index contributed by atoms with van der Waals surface area (Å²) < 4.78 is 0. The Morgan fingerprint density at radius 2 is 0.750 bits per heavy atom. The smallest absolute Gasteiger partial charge is 0.0502 e. The standard InChI is InChI=1S/C26H22N2/c1-3-13-23(14-4-1)27-19-21-11-8-10-18-26(21)28(24-15-5-2-6-16-24)20-22-12-7-9-17-25(22)27/h1-18H,19-20H2. The van der Waals surface area contributed by atoms with Gasteiger partial charge in [0.05, 0.1) is 13.1 Å². The molecule has 4 aromatic carbocycles. The first-order chi connectivity index (χ1) is 13.9. The van der Waals surface area contributed by atoms with E-state index in [9.17, 15) is 0 Å². The molecule has 28 heavy (non-hydrogen) atoms. The maximum absolute atomic E-state index is 2.43. The first kappa shape index (κ1) is 16.6. The van der Waals surface area contributed by atoms with E-state index in [1.54, 1.807) is 0 Å². The number of hydrogen-bond acceptors (Lipinski definition) is 2. The summed E-state index contributed by atoms with van der Waals surface area (Å²) in [6.45, 7) is 1.67. The lowest BCUT2D eigenvalue weighted by Gasteiger charge is -2.36. The Morgan fingerprint density at radius 3 is 1.18 bits per heavy atom. The minimum Gasteiger partial charge on any atom is -0.337 e. The number of nitrogens with zero attached hydrogens (tertiary/aromatic N) is 2. The van der Waals surface area contributed by atoms with Gasteiger partial charge in [0.2, 0.25) is 0 Å². The van der Waals surface area contributed by atoms with Gasteiger partial charge in [-0.2, -0.15) is 0 Å². The van der Waals surface area contributed by atoms with E-state index in [-0.39, 0.29) is 0 Å². The summed E-state index contributed by atoms with van der Waals surface area (Å²) in [5.41, 5.74) is 7.62. The molecule has 0 bridgehead atoms. The summed E-state index contributed by atoms with van der Waals surface area (Å²) in [5.74, 6) is 0. The van der Waals surface area contributed by atoms with Crippen LogP contribution in [0.4, 0.5) is 22.7 Å². The van der Waals surface area contributed by atoms with Crippen LogP contribution in [0.5, 0.6) is 0 Å². The molecule has 0 radical (unpaired) electrons. The third-order valence-corrected chi connectivity index (χ3v) is 5.36. The lowest BCUT2D eigenvalue weighted by Crippen LogP contribution is -2.26. The average molecular weight is 362 g/mol. The molecule has 0 saturated carbocycles. The number of hydrogen-bond donors (Lipinski definition) is 0. The van der Waals surface area contributed by atoms with Gasteiger partial charge in [0.25, 0.3) is 0 Å². The van der Waals surface area contributed by atoms with Crippen LogP contribution in [0.25, 0.3) is 0 Å². The Hall–Kier alpha value is -3.52. The summed E-state index contributed by atoms with van der Waals surface area (Å²) in [4.78, 5) is 4.85. The van der Waals surface area contributed by atoms with Crippen LogP contribution in [0.3, 0.4) is 0 Å². The molecule has 136 valence electrons. The van der Waals surface area contributed by atoms with Gasteiger partial charge in [0.15, 0.2) is 0 Å². The molecule has 4 aromatic rings. The van der Waals surface area contributed by atoms with Gasteiger partial charge in [-0.3, -0.25) is 0 Å². The zero-order valence-corrected chi connectivity index (χ0v) is 15.7. The summed E-state index contributed by atoms with van der Waals surface area (Å²) in [7, 11) is 0. The van der Waals surface area contributed by atoms with Crippen LogP contribution in [-0.4, -0.2) is 0 Å². The van der Waals surface area contributed by atoms with Crippen LogP contribution in [0.1, 0.15) is 11.1 Å². The van der Waals surface area contributed by atoms with Crippen molar-refractivity contribution in [2.24, 2.45) is 0 Å². The molecule has 0 N–H and O–H groups in total. The summed E-state index contributed by atoms with van der Waals surface area (Å²) in [6, 6.07) is 38.9. The third-order valence-electron chi connectivity index (χ3n) is 5.36. The Balaban J connectivity index is 1.70. The minimum atomic E-state index is 0.834. The van der Waals surface area contributed by atoms with Crippen molar-refractivity contribution in [2.75, 3.05) is 9.80 Å². The molecule has 1 heterocycles. The molecule has 0 spiro atoms. The van der Waals surface area contributed by atoms with Crippen molar-refractivity contribution < 1.29 is 0 Å². The first-order valence-corrected chi connectivity index (χ1v) is 9.71. The van der Waals surface area contributed by atoms with Crippen molar-refractivity contribution in [3.8, 4) is 0 Å². The highest BCUT2D eigenvalue weighted by atomic mass is 15.2. The maximum Gasteiger partial charge on any atom is 0.0502 e. The first-order valence-electron chi connectivity index (χ1n) is 9.71. The normalized spacial score (nSPS) is 13.3.